The quantitative estimate of drug-likeness (QED) is 0.172. The maximum atomic E-state index is 12.4. The summed E-state index contributed by atoms with van der Waals surface area (Å²) in [6.45, 7) is 0.949. The molecule has 2 fully saturated rings. The maximum Gasteiger partial charge on any atom is 0.185 e. The van der Waals surface area contributed by atoms with Crippen molar-refractivity contribution >= 4 is 46.3 Å². The van der Waals surface area contributed by atoms with Gasteiger partial charge in [0.1, 0.15) is 35.2 Å². The molecule has 2 aliphatic heterocycles. The van der Waals surface area contributed by atoms with Gasteiger partial charge in [-0.3, -0.25) is 9.48 Å². The van der Waals surface area contributed by atoms with Crippen molar-refractivity contribution in [2.75, 3.05) is 19.8 Å². The Bertz CT molecular complexity index is 1740. The van der Waals surface area contributed by atoms with Gasteiger partial charge in [-0.15, -0.1) is 0 Å². The first-order valence-electron chi connectivity index (χ1n) is 14.3. The highest BCUT2D eigenvalue weighted by atomic mass is 35.5. The van der Waals surface area contributed by atoms with Crippen LogP contribution >= 0.6 is 34.8 Å². The van der Waals surface area contributed by atoms with Crippen molar-refractivity contribution in [3.63, 3.8) is 0 Å². The lowest BCUT2D eigenvalue weighted by molar-refractivity contribution is -0.0289. The van der Waals surface area contributed by atoms with Gasteiger partial charge < -0.3 is 23.9 Å². The highest BCUT2D eigenvalue weighted by Crippen LogP contribution is 2.46. The van der Waals surface area contributed by atoms with Crippen molar-refractivity contribution in [3.05, 3.63) is 85.8 Å². The number of ether oxygens (including phenoxy) is 2. The average Bonchev–Trinajstić information content (AvgIpc) is 3.34. The van der Waals surface area contributed by atoms with Gasteiger partial charge in [-0.1, -0.05) is 57.2 Å². The molecule has 0 amide bonds. The Morgan fingerprint density at radius 3 is 2.55 bits per heavy atom. The van der Waals surface area contributed by atoms with Crippen LogP contribution in [0, 0.1) is 0 Å². The van der Waals surface area contributed by atoms with E-state index in [9.17, 15) is 9.90 Å². The largest absolute Gasteiger partial charge is 0.489 e. The predicted molar refractivity (Wildman–Crippen MR) is 163 cm³/mol. The van der Waals surface area contributed by atoms with Crippen LogP contribution in [-0.2, 0) is 16.2 Å². The number of rotatable bonds is 11. The molecule has 1 atom stereocenters. The molecule has 3 aliphatic rings. The van der Waals surface area contributed by atoms with Crippen LogP contribution in [0.2, 0.25) is 15.1 Å². The first kappa shape index (κ1) is 29.3. The monoisotopic (exact) mass is 656 g/mol. The summed E-state index contributed by atoms with van der Waals surface area (Å²) >= 11 is 19.7. The second-order valence-corrected chi connectivity index (χ2v) is 12.2. The third kappa shape index (κ3) is 5.61. The Morgan fingerprint density at radius 2 is 1.86 bits per heavy atom. The van der Waals surface area contributed by atoms with E-state index < -0.39 is 6.10 Å². The number of nitrogens with zero attached hydrogens (tertiary/aromatic N) is 4. The first-order valence-corrected chi connectivity index (χ1v) is 15.4. The fourth-order valence-corrected chi connectivity index (χ4v) is 6.25. The van der Waals surface area contributed by atoms with Crippen LogP contribution in [0.3, 0.4) is 0 Å². The van der Waals surface area contributed by atoms with E-state index in [4.69, 9.17) is 53.6 Å². The Hall–Kier alpha value is -3.41. The number of aromatic nitrogens is 3. The molecular formula is C31H27Cl3N4O6. The Morgan fingerprint density at radius 1 is 1.07 bits per heavy atom. The molecule has 4 aromatic rings. The van der Waals surface area contributed by atoms with Gasteiger partial charge in [0.05, 0.1) is 52.2 Å². The molecule has 1 saturated heterocycles. The third-order valence-corrected chi connectivity index (χ3v) is 8.92. The molecule has 10 nitrogen and oxygen atoms in total. The standard InChI is InChI=1S/C31H27Cl3N4O6/c32-21-2-1-3-22(33)29(21)30-20(31(44-37-30)16-4-5-16)15-42-18-6-7-19(23(34)10-18)28-12-24(36-43-28)26-11-25(27(40)8-9-39)35-38(26)17-13-41-14-17/h1-3,6-7,10-11,16-17,28,39H,4-5,8-9,12-15H2. The van der Waals surface area contributed by atoms with E-state index in [2.05, 4.69) is 15.4 Å². The molecule has 1 unspecified atom stereocenters. The van der Waals surface area contributed by atoms with Gasteiger partial charge in [0.25, 0.3) is 0 Å². The smallest absolute Gasteiger partial charge is 0.185 e. The van der Waals surface area contributed by atoms with Crippen LogP contribution in [0.1, 0.15) is 76.8 Å². The number of carbonyl (C=O) groups is 1. The zero-order valence-corrected chi connectivity index (χ0v) is 25.6. The number of ketones is 1. The molecule has 44 heavy (non-hydrogen) atoms. The molecular weight excluding hydrogens is 631 g/mol. The Labute approximate surface area is 267 Å². The van der Waals surface area contributed by atoms with E-state index >= 15 is 0 Å². The number of aliphatic hydroxyl groups is 1. The summed E-state index contributed by atoms with van der Waals surface area (Å²) in [5.74, 6) is 1.41. The summed E-state index contributed by atoms with van der Waals surface area (Å²) in [7, 11) is 0. The fraction of sp³-hybridized carbons (Fsp3) is 0.355. The summed E-state index contributed by atoms with van der Waals surface area (Å²) in [5.41, 5.74) is 4.37. The summed E-state index contributed by atoms with van der Waals surface area (Å²) in [6.07, 6.45) is 2.05. The molecule has 7 rings (SSSR count). The molecule has 1 aliphatic carbocycles. The lowest BCUT2D eigenvalue weighted by Crippen LogP contribution is -2.33. The number of Topliss-reactive ketones (excluding diaryl/α,β-unsaturated/α-hetero) is 1. The van der Waals surface area contributed by atoms with Crippen molar-refractivity contribution in [3.8, 4) is 17.0 Å². The lowest BCUT2D eigenvalue weighted by Gasteiger charge is -2.27. The van der Waals surface area contributed by atoms with Gasteiger partial charge >= 0.3 is 0 Å². The maximum absolute atomic E-state index is 12.4. The van der Waals surface area contributed by atoms with Gasteiger partial charge in [0, 0.05) is 29.9 Å². The second kappa shape index (κ2) is 12.2. The van der Waals surface area contributed by atoms with E-state index in [1.165, 1.54) is 0 Å². The van der Waals surface area contributed by atoms with E-state index in [0.717, 1.165) is 29.7 Å². The minimum absolute atomic E-state index is 0.00130. The number of halogens is 3. The molecule has 0 bridgehead atoms. The van der Waals surface area contributed by atoms with Crippen molar-refractivity contribution in [2.45, 2.75) is 50.4 Å². The molecule has 4 heterocycles. The number of carbonyl (C=O) groups excluding carboxylic acids is 1. The summed E-state index contributed by atoms with van der Waals surface area (Å²) < 4.78 is 19.0. The molecule has 2 aromatic heterocycles. The molecule has 228 valence electrons. The van der Waals surface area contributed by atoms with Crippen LogP contribution in [0.25, 0.3) is 11.3 Å². The van der Waals surface area contributed by atoms with E-state index in [1.54, 1.807) is 35.0 Å². The Balaban J connectivity index is 1.07. The first-order chi connectivity index (χ1) is 21.4. The zero-order chi connectivity index (χ0) is 30.4. The van der Waals surface area contributed by atoms with E-state index in [0.29, 0.717) is 69.0 Å². The number of hydrogen-bond acceptors (Lipinski definition) is 9. The van der Waals surface area contributed by atoms with E-state index in [1.807, 2.05) is 12.1 Å². The number of oxime groups is 1. The summed E-state index contributed by atoms with van der Waals surface area (Å²) in [6, 6.07) is 12.4. The highest BCUT2D eigenvalue weighted by Gasteiger charge is 2.35. The van der Waals surface area contributed by atoms with Gasteiger partial charge in [0.15, 0.2) is 11.9 Å². The van der Waals surface area contributed by atoms with Crippen molar-refractivity contribution in [1.82, 2.24) is 14.9 Å². The van der Waals surface area contributed by atoms with Crippen molar-refractivity contribution in [2.24, 2.45) is 5.16 Å². The van der Waals surface area contributed by atoms with Crippen LogP contribution in [-0.4, -0.2) is 51.4 Å². The van der Waals surface area contributed by atoms with Gasteiger partial charge in [-0.25, -0.2) is 0 Å². The van der Waals surface area contributed by atoms with Gasteiger partial charge in [-0.2, -0.15) is 5.10 Å². The zero-order valence-electron chi connectivity index (χ0n) is 23.3. The summed E-state index contributed by atoms with van der Waals surface area (Å²) in [5, 5.41) is 23.8. The van der Waals surface area contributed by atoms with Crippen LogP contribution in [0.15, 0.2) is 52.1 Å². The van der Waals surface area contributed by atoms with Crippen molar-refractivity contribution in [1.29, 1.82) is 0 Å². The normalized spacial score (nSPS) is 18.2. The SMILES string of the molecule is O=C(CCO)c1cc(C2=NOC(c3ccc(OCc4c(-c5c(Cl)cccc5Cl)noc4C4CC4)cc3Cl)C2)n(C2COC2)n1. The number of hydrogen-bond donors (Lipinski definition) is 1. The minimum Gasteiger partial charge on any atom is -0.489 e. The fourth-order valence-electron chi connectivity index (χ4n) is 5.38. The Kier molecular flexibility index (Phi) is 8.11. The van der Waals surface area contributed by atoms with Gasteiger partial charge in [0.2, 0.25) is 0 Å². The average molecular weight is 658 g/mol. The topological polar surface area (TPSA) is 121 Å². The third-order valence-electron chi connectivity index (χ3n) is 7.96. The molecule has 0 spiro atoms. The van der Waals surface area contributed by atoms with Crippen molar-refractivity contribution < 1.29 is 28.7 Å². The van der Waals surface area contributed by atoms with E-state index in [-0.39, 0.29) is 37.2 Å². The molecule has 13 heteroatoms. The van der Waals surface area contributed by atoms with Gasteiger partial charge in [-0.05, 0) is 43.2 Å². The predicted octanol–water partition coefficient (Wildman–Crippen LogP) is 6.96. The molecule has 1 N–H and O–H groups in total. The number of benzene rings is 2. The van der Waals surface area contributed by atoms with Crippen LogP contribution < -0.4 is 4.74 Å². The van der Waals surface area contributed by atoms with Crippen LogP contribution in [0.5, 0.6) is 5.75 Å². The number of aliphatic hydroxyl groups excluding tert-OH is 1. The lowest BCUT2D eigenvalue weighted by atomic mass is 10.0. The second-order valence-electron chi connectivity index (χ2n) is 11.0. The molecule has 0 radical (unpaired) electrons. The molecule has 1 saturated carbocycles. The molecule has 2 aromatic carbocycles. The highest BCUT2D eigenvalue weighted by molar-refractivity contribution is 6.39. The van der Waals surface area contributed by atoms with Crippen LogP contribution in [0.4, 0.5) is 0 Å². The minimum atomic E-state index is -0.433. The summed E-state index contributed by atoms with van der Waals surface area (Å²) in [4.78, 5) is 18.2.